The van der Waals surface area contributed by atoms with Gasteiger partial charge in [0.25, 0.3) is 0 Å². The van der Waals surface area contributed by atoms with E-state index in [4.69, 9.17) is 4.74 Å². The molecular weight excluding hydrogens is 212 g/mol. The third kappa shape index (κ3) is 4.00. The third-order valence-electron chi connectivity index (χ3n) is 3.13. The van der Waals surface area contributed by atoms with Crippen LogP contribution in [0, 0.1) is 0 Å². The van der Waals surface area contributed by atoms with E-state index >= 15 is 0 Å². The van der Waals surface area contributed by atoms with Crippen LogP contribution in [0.4, 0.5) is 0 Å². The molecule has 1 saturated carbocycles. The molecule has 1 aromatic rings. The number of ether oxygens (including phenoxy) is 1. The lowest BCUT2D eigenvalue weighted by Crippen LogP contribution is -2.15. The summed E-state index contributed by atoms with van der Waals surface area (Å²) in [5.41, 5.74) is 1.06. The summed E-state index contributed by atoms with van der Waals surface area (Å²) in [6, 6.07) is 4.02. The van der Waals surface area contributed by atoms with Gasteiger partial charge in [-0.2, -0.15) is 0 Å². The van der Waals surface area contributed by atoms with Gasteiger partial charge in [0.15, 0.2) is 0 Å². The van der Waals surface area contributed by atoms with Gasteiger partial charge in [0.05, 0.1) is 11.8 Å². The first-order valence-corrected chi connectivity index (χ1v) is 6.71. The maximum Gasteiger partial charge on any atom is 0.123 e. The minimum absolute atomic E-state index is 0.425. The highest BCUT2D eigenvalue weighted by Crippen LogP contribution is 2.23. The van der Waals surface area contributed by atoms with Gasteiger partial charge in [-0.1, -0.05) is 6.92 Å². The minimum Gasteiger partial charge on any atom is -0.490 e. The van der Waals surface area contributed by atoms with Crippen LogP contribution in [0.5, 0.6) is 5.75 Å². The first-order chi connectivity index (χ1) is 8.38. The fourth-order valence-electron chi connectivity index (χ4n) is 2.22. The van der Waals surface area contributed by atoms with Crippen LogP contribution >= 0.6 is 0 Å². The third-order valence-corrected chi connectivity index (χ3v) is 3.13. The molecule has 0 radical (unpaired) electrons. The van der Waals surface area contributed by atoms with Crippen molar-refractivity contribution in [2.45, 2.75) is 51.7 Å². The Labute approximate surface area is 104 Å². The van der Waals surface area contributed by atoms with Crippen molar-refractivity contribution < 1.29 is 4.74 Å². The smallest absolute Gasteiger partial charge is 0.123 e. The van der Waals surface area contributed by atoms with Crippen molar-refractivity contribution in [1.29, 1.82) is 0 Å². The van der Waals surface area contributed by atoms with Gasteiger partial charge in [-0.25, -0.2) is 0 Å². The van der Waals surface area contributed by atoms with E-state index in [1.807, 2.05) is 12.3 Å². The molecule has 0 saturated heterocycles. The summed E-state index contributed by atoms with van der Waals surface area (Å²) in [6.45, 7) is 4.03. The summed E-state index contributed by atoms with van der Waals surface area (Å²) < 4.78 is 5.95. The number of nitrogens with one attached hydrogen (secondary N) is 1. The maximum atomic E-state index is 5.95. The van der Waals surface area contributed by atoms with Crippen LogP contribution in [-0.2, 0) is 6.54 Å². The molecule has 17 heavy (non-hydrogen) atoms. The van der Waals surface area contributed by atoms with E-state index in [2.05, 4.69) is 23.3 Å². The zero-order chi connectivity index (χ0) is 11.9. The molecule has 1 aromatic heterocycles. The van der Waals surface area contributed by atoms with Crippen molar-refractivity contribution in [3.05, 3.63) is 24.0 Å². The molecule has 0 amide bonds. The lowest BCUT2D eigenvalue weighted by molar-refractivity contribution is 0.209. The summed E-state index contributed by atoms with van der Waals surface area (Å²) in [6.07, 6.45) is 8.43. The molecule has 1 N–H and O–H groups in total. The molecule has 1 heterocycles. The molecule has 0 unspecified atom stereocenters. The summed E-state index contributed by atoms with van der Waals surface area (Å²) in [5, 5.41) is 3.35. The van der Waals surface area contributed by atoms with Crippen molar-refractivity contribution in [2.24, 2.45) is 0 Å². The van der Waals surface area contributed by atoms with E-state index in [0.717, 1.165) is 31.0 Å². The normalized spacial score (nSPS) is 16.3. The molecular formula is C14H22N2O. The van der Waals surface area contributed by atoms with Crippen LogP contribution < -0.4 is 10.1 Å². The predicted molar refractivity (Wildman–Crippen MR) is 69.1 cm³/mol. The molecule has 94 valence electrons. The van der Waals surface area contributed by atoms with Gasteiger partial charge in [0, 0.05) is 18.8 Å². The van der Waals surface area contributed by atoms with Crippen LogP contribution in [0.3, 0.4) is 0 Å². The van der Waals surface area contributed by atoms with Gasteiger partial charge >= 0.3 is 0 Å². The Hall–Kier alpha value is -1.09. The highest BCUT2D eigenvalue weighted by atomic mass is 16.5. The molecule has 1 aliphatic rings. The number of nitrogens with zero attached hydrogens (tertiary/aromatic N) is 1. The molecule has 3 nitrogen and oxygen atoms in total. The second-order valence-electron chi connectivity index (χ2n) is 4.68. The second-order valence-corrected chi connectivity index (χ2v) is 4.68. The monoisotopic (exact) mass is 234 g/mol. The van der Waals surface area contributed by atoms with E-state index < -0.39 is 0 Å². The van der Waals surface area contributed by atoms with Crippen molar-refractivity contribution in [2.75, 3.05) is 6.54 Å². The number of pyridine rings is 1. The van der Waals surface area contributed by atoms with Crippen LogP contribution in [0.15, 0.2) is 18.3 Å². The fourth-order valence-corrected chi connectivity index (χ4v) is 2.22. The molecule has 0 bridgehead atoms. The molecule has 0 spiro atoms. The molecule has 2 rings (SSSR count). The number of hydrogen-bond donors (Lipinski definition) is 1. The van der Waals surface area contributed by atoms with Crippen LogP contribution in [0.1, 0.15) is 44.7 Å². The van der Waals surface area contributed by atoms with Gasteiger partial charge in [0.2, 0.25) is 0 Å². The Balaban J connectivity index is 1.86. The van der Waals surface area contributed by atoms with Crippen molar-refractivity contribution in [1.82, 2.24) is 10.3 Å². The topological polar surface area (TPSA) is 34.1 Å². The van der Waals surface area contributed by atoms with E-state index in [1.54, 1.807) is 0 Å². The molecule has 0 atom stereocenters. The second kappa shape index (κ2) is 6.60. The Bertz CT molecular complexity index is 335. The number of aromatic nitrogens is 1. The largest absolute Gasteiger partial charge is 0.490 e. The number of hydrogen-bond acceptors (Lipinski definition) is 3. The van der Waals surface area contributed by atoms with Gasteiger partial charge in [-0.15, -0.1) is 0 Å². The highest BCUT2D eigenvalue weighted by Gasteiger charge is 2.16. The van der Waals surface area contributed by atoms with E-state index in [-0.39, 0.29) is 0 Å². The Morgan fingerprint density at radius 2 is 2.24 bits per heavy atom. The van der Waals surface area contributed by atoms with Crippen LogP contribution in [0.25, 0.3) is 0 Å². The molecule has 1 aliphatic carbocycles. The first kappa shape index (κ1) is 12.4. The zero-order valence-electron chi connectivity index (χ0n) is 10.6. The Kier molecular flexibility index (Phi) is 4.80. The molecule has 0 aromatic carbocycles. The Morgan fingerprint density at radius 1 is 1.41 bits per heavy atom. The molecule has 3 heteroatoms. The van der Waals surface area contributed by atoms with E-state index in [1.165, 1.54) is 25.7 Å². The predicted octanol–water partition coefficient (Wildman–Crippen LogP) is 2.90. The average Bonchev–Trinajstić information content (AvgIpc) is 2.83. The van der Waals surface area contributed by atoms with Crippen LogP contribution in [0.2, 0.25) is 0 Å². The van der Waals surface area contributed by atoms with E-state index in [0.29, 0.717) is 6.10 Å². The van der Waals surface area contributed by atoms with Gasteiger partial charge in [-0.3, -0.25) is 4.98 Å². The molecule has 1 fully saturated rings. The lowest BCUT2D eigenvalue weighted by Gasteiger charge is -2.13. The lowest BCUT2D eigenvalue weighted by atomic mass is 10.3. The highest BCUT2D eigenvalue weighted by molar-refractivity contribution is 5.23. The van der Waals surface area contributed by atoms with Gasteiger partial charge in [0.1, 0.15) is 5.75 Å². The Morgan fingerprint density at radius 3 is 3.00 bits per heavy atom. The number of rotatable bonds is 6. The fraction of sp³-hybridized carbons (Fsp3) is 0.643. The van der Waals surface area contributed by atoms with Crippen molar-refractivity contribution in [3.8, 4) is 5.75 Å². The van der Waals surface area contributed by atoms with Crippen LogP contribution in [-0.4, -0.2) is 17.6 Å². The SMILES string of the molecule is CCCNCc1cc(OC2CCCC2)ccn1. The van der Waals surface area contributed by atoms with E-state index in [9.17, 15) is 0 Å². The summed E-state index contributed by atoms with van der Waals surface area (Å²) in [7, 11) is 0. The van der Waals surface area contributed by atoms with Gasteiger partial charge in [-0.05, 0) is 44.7 Å². The van der Waals surface area contributed by atoms with Crippen molar-refractivity contribution >= 4 is 0 Å². The maximum absolute atomic E-state index is 5.95. The zero-order valence-corrected chi connectivity index (χ0v) is 10.6. The minimum atomic E-state index is 0.425. The first-order valence-electron chi connectivity index (χ1n) is 6.71. The average molecular weight is 234 g/mol. The van der Waals surface area contributed by atoms with Crippen molar-refractivity contribution in [3.63, 3.8) is 0 Å². The standard InChI is InChI=1S/C14H22N2O/c1-2-8-15-11-12-10-14(7-9-16-12)17-13-5-3-4-6-13/h7,9-10,13,15H,2-6,8,11H2,1H3. The summed E-state index contributed by atoms with van der Waals surface area (Å²) in [4.78, 5) is 4.34. The quantitative estimate of drug-likeness (QED) is 0.768. The summed E-state index contributed by atoms with van der Waals surface area (Å²) in [5.74, 6) is 0.972. The molecule has 0 aliphatic heterocycles. The summed E-state index contributed by atoms with van der Waals surface area (Å²) >= 11 is 0. The van der Waals surface area contributed by atoms with Gasteiger partial charge < -0.3 is 10.1 Å².